The Morgan fingerprint density at radius 1 is 1.03 bits per heavy atom. The van der Waals surface area contributed by atoms with Crippen LogP contribution in [-0.4, -0.2) is 31.8 Å². The van der Waals surface area contributed by atoms with Crippen molar-refractivity contribution in [3.63, 3.8) is 0 Å². The van der Waals surface area contributed by atoms with Gasteiger partial charge in [0.05, 0.1) is 13.2 Å². The molecule has 3 N–H and O–H groups in total. The molecule has 0 amide bonds. The van der Waals surface area contributed by atoms with Crippen LogP contribution in [0.1, 0.15) is 85.5 Å². The van der Waals surface area contributed by atoms with E-state index in [9.17, 15) is 0 Å². The van der Waals surface area contributed by atoms with Crippen LogP contribution in [0.25, 0.3) is 0 Å². The maximum absolute atomic E-state index is 6.22. The fraction of sp³-hybridized carbons (Fsp3) is 0.926. The summed E-state index contributed by atoms with van der Waals surface area (Å²) in [5, 5.41) is 3.82. The topological polar surface area (TPSA) is 47.3 Å². The van der Waals surface area contributed by atoms with Gasteiger partial charge < -0.3 is 15.8 Å². The summed E-state index contributed by atoms with van der Waals surface area (Å²) in [5.41, 5.74) is 8.32. The van der Waals surface area contributed by atoms with Crippen LogP contribution in [0.15, 0.2) is 11.6 Å². The van der Waals surface area contributed by atoms with Gasteiger partial charge in [0, 0.05) is 18.6 Å². The number of nitrogens with two attached hydrogens (primary N) is 1. The van der Waals surface area contributed by atoms with Gasteiger partial charge >= 0.3 is 0 Å². The molecule has 0 heterocycles. The highest BCUT2D eigenvalue weighted by molar-refractivity contribution is 5.23. The first-order valence-corrected chi connectivity index (χ1v) is 13.1. The molecule has 2 bridgehead atoms. The molecule has 3 fully saturated rings. The molecule has 3 nitrogen and oxygen atoms in total. The lowest BCUT2D eigenvalue weighted by atomic mass is 9.49. The van der Waals surface area contributed by atoms with Crippen LogP contribution in [0, 0.1) is 40.9 Å². The smallest absolute Gasteiger partial charge is 0.0680 e. The van der Waals surface area contributed by atoms with Gasteiger partial charge in [-0.15, -0.1) is 0 Å². The lowest BCUT2D eigenvalue weighted by molar-refractivity contribution is -0.0173. The molecule has 0 aromatic rings. The number of hydrogen-bond donors (Lipinski definition) is 2. The van der Waals surface area contributed by atoms with E-state index in [4.69, 9.17) is 10.5 Å². The molecule has 8 atom stereocenters. The molecule has 0 aliphatic heterocycles. The molecule has 5 aliphatic rings. The zero-order valence-electron chi connectivity index (χ0n) is 20.2. The van der Waals surface area contributed by atoms with Crippen LogP contribution in [0.3, 0.4) is 0 Å². The van der Waals surface area contributed by atoms with Crippen LogP contribution in [0.2, 0.25) is 0 Å². The second-order valence-corrected chi connectivity index (χ2v) is 12.1. The van der Waals surface area contributed by atoms with Gasteiger partial charge in [-0.1, -0.05) is 33.8 Å². The Hall–Kier alpha value is -0.380. The normalized spacial score (nSPS) is 43.0. The third kappa shape index (κ3) is 4.99. The highest BCUT2D eigenvalue weighted by Crippen LogP contribution is 2.59. The molecule has 0 radical (unpaired) electrons. The van der Waals surface area contributed by atoms with E-state index >= 15 is 0 Å². The molecular weight excluding hydrogens is 368 g/mol. The Morgan fingerprint density at radius 3 is 2.43 bits per heavy atom. The Labute approximate surface area is 186 Å². The molecule has 8 unspecified atom stereocenters. The number of allylic oxidation sites excluding steroid dienone is 1. The highest BCUT2D eigenvalue weighted by Gasteiger charge is 2.50. The van der Waals surface area contributed by atoms with Gasteiger partial charge in [0.1, 0.15) is 0 Å². The minimum Gasteiger partial charge on any atom is -0.376 e. The lowest BCUT2D eigenvalue weighted by Crippen LogP contribution is -2.48. The molecule has 0 aromatic heterocycles. The van der Waals surface area contributed by atoms with Gasteiger partial charge in [-0.25, -0.2) is 0 Å². The monoisotopic (exact) mass is 416 g/mol. The average Bonchev–Trinajstić information content (AvgIpc) is 2.72. The molecule has 3 heteroatoms. The van der Waals surface area contributed by atoms with Crippen molar-refractivity contribution in [2.45, 2.75) is 97.6 Å². The Bertz CT molecular complexity index is 600. The summed E-state index contributed by atoms with van der Waals surface area (Å²) in [5.74, 6) is 5.08. The maximum Gasteiger partial charge on any atom is 0.0680 e. The quantitative estimate of drug-likeness (QED) is 0.403. The zero-order valence-corrected chi connectivity index (χ0v) is 20.2. The van der Waals surface area contributed by atoms with Crippen molar-refractivity contribution >= 4 is 0 Å². The SMILES string of the molecule is CC1CC(CC2CCC(NCCOCC3=CCC4CC3C4(C)C)C(C)C2)CCC1N. The Kier molecular flexibility index (Phi) is 7.32. The summed E-state index contributed by atoms with van der Waals surface area (Å²) in [6.45, 7) is 12.4. The predicted octanol–water partition coefficient (Wildman–Crippen LogP) is 5.54. The first-order valence-electron chi connectivity index (χ1n) is 13.1. The van der Waals surface area contributed by atoms with Gasteiger partial charge in [0.2, 0.25) is 0 Å². The number of nitrogens with one attached hydrogen (secondary N) is 1. The minimum absolute atomic E-state index is 0.453. The van der Waals surface area contributed by atoms with Crippen molar-refractivity contribution in [3.8, 4) is 0 Å². The van der Waals surface area contributed by atoms with Crippen LogP contribution < -0.4 is 11.1 Å². The van der Waals surface area contributed by atoms with Crippen molar-refractivity contribution in [1.82, 2.24) is 5.32 Å². The van der Waals surface area contributed by atoms with E-state index in [1.165, 1.54) is 57.8 Å². The summed E-state index contributed by atoms with van der Waals surface area (Å²) < 4.78 is 6.09. The van der Waals surface area contributed by atoms with E-state index < -0.39 is 0 Å². The van der Waals surface area contributed by atoms with Gasteiger partial charge in [0.15, 0.2) is 0 Å². The molecule has 5 rings (SSSR count). The van der Waals surface area contributed by atoms with E-state index in [0.29, 0.717) is 17.5 Å². The molecule has 30 heavy (non-hydrogen) atoms. The predicted molar refractivity (Wildman–Crippen MR) is 126 cm³/mol. The van der Waals surface area contributed by atoms with Crippen molar-refractivity contribution < 1.29 is 4.74 Å². The van der Waals surface area contributed by atoms with Gasteiger partial charge in [-0.3, -0.25) is 0 Å². The second-order valence-electron chi connectivity index (χ2n) is 12.1. The van der Waals surface area contributed by atoms with Gasteiger partial charge in [-0.05, 0) is 104 Å². The summed E-state index contributed by atoms with van der Waals surface area (Å²) in [6.07, 6.45) is 14.7. The van der Waals surface area contributed by atoms with Crippen LogP contribution in [0.4, 0.5) is 0 Å². The summed E-state index contributed by atoms with van der Waals surface area (Å²) in [4.78, 5) is 0. The Balaban J connectivity index is 1.10. The molecule has 0 spiro atoms. The zero-order chi connectivity index (χ0) is 21.3. The van der Waals surface area contributed by atoms with E-state index in [1.54, 1.807) is 5.57 Å². The van der Waals surface area contributed by atoms with Crippen molar-refractivity contribution in [3.05, 3.63) is 11.6 Å². The molecular formula is C27H48N2O. The largest absolute Gasteiger partial charge is 0.376 e. The molecule has 0 saturated heterocycles. The van der Waals surface area contributed by atoms with Crippen molar-refractivity contribution in [2.24, 2.45) is 46.7 Å². The summed E-state index contributed by atoms with van der Waals surface area (Å²) >= 11 is 0. The minimum atomic E-state index is 0.453. The van der Waals surface area contributed by atoms with Crippen molar-refractivity contribution in [1.29, 1.82) is 0 Å². The fourth-order valence-corrected chi connectivity index (χ4v) is 7.39. The third-order valence-corrected chi connectivity index (χ3v) is 9.79. The standard InChI is InChI=1S/C27H48N2O/c1-18-13-20(5-9-25(18)28)15-21-6-10-26(19(2)14-21)29-11-12-30-17-22-7-8-23-16-24(22)27(23,3)4/h7,18-21,23-26,29H,5-6,8-17,28H2,1-4H3. The van der Waals surface area contributed by atoms with E-state index in [0.717, 1.165) is 55.3 Å². The highest BCUT2D eigenvalue weighted by atomic mass is 16.5. The number of rotatable bonds is 8. The van der Waals surface area contributed by atoms with Gasteiger partial charge in [0.25, 0.3) is 0 Å². The number of ether oxygens (including phenoxy) is 1. The number of hydrogen-bond acceptors (Lipinski definition) is 3. The summed E-state index contributed by atoms with van der Waals surface area (Å²) in [6, 6.07) is 1.14. The van der Waals surface area contributed by atoms with Crippen LogP contribution in [-0.2, 0) is 4.74 Å². The number of fused-ring (bicyclic) bond motifs is 1. The fourth-order valence-electron chi connectivity index (χ4n) is 7.39. The van der Waals surface area contributed by atoms with Gasteiger partial charge in [-0.2, -0.15) is 0 Å². The van der Waals surface area contributed by atoms with E-state index in [2.05, 4.69) is 39.1 Å². The maximum atomic E-state index is 6.22. The average molecular weight is 417 g/mol. The van der Waals surface area contributed by atoms with E-state index in [-0.39, 0.29) is 0 Å². The van der Waals surface area contributed by atoms with Crippen LogP contribution >= 0.6 is 0 Å². The lowest BCUT2D eigenvalue weighted by Gasteiger charge is -2.56. The molecule has 5 aliphatic carbocycles. The first kappa shape index (κ1) is 22.8. The van der Waals surface area contributed by atoms with Crippen molar-refractivity contribution in [2.75, 3.05) is 19.8 Å². The Morgan fingerprint density at radius 2 is 1.77 bits per heavy atom. The van der Waals surface area contributed by atoms with Crippen LogP contribution in [0.5, 0.6) is 0 Å². The first-order chi connectivity index (χ1) is 14.3. The molecule has 172 valence electrons. The third-order valence-electron chi connectivity index (χ3n) is 9.79. The van der Waals surface area contributed by atoms with E-state index in [1.807, 2.05) is 0 Å². The molecule has 0 aromatic carbocycles. The second kappa shape index (κ2) is 9.63. The summed E-state index contributed by atoms with van der Waals surface area (Å²) in [7, 11) is 0. The molecule has 3 saturated carbocycles.